The van der Waals surface area contributed by atoms with Gasteiger partial charge in [0.1, 0.15) is 0 Å². The molecule has 1 aromatic carbocycles. The Morgan fingerprint density at radius 2 is 2.32 bits per heavy atom. The highest BCUT2D eigenvalue weighted by Gasteiger charge is 2.22. The van der Waals surface area contributed by atoms with Gasteiger partial charge in [0.15, 0.2) is 0 Å². The number of imidazole rings is 1. The third kappa shape index (κ3) is 2.02. The van der Waals surface area contributed by atoms with Crippen LogP contribution < -0.4 is 5.69 Å². The van der Waals surface area contributed by atoms with Crippen LogP contribution in [0.15, 0.2) is 35.1 Å². The first kappa shape index (κ1) is 12.2. The minimum absolute atomic E-state index is 0.00202. The number of nitrogens with one attached hydrogen (secondary N) is 1. The second-order valence-corrected chi connectivity index (χ2v) is 5.20. The minimum Gasteiger partial charge on any atom is -0.306 e. The second kappa shape index (κ2) is 4.70. The van der Waals surface area contributed by atoms with E-state index in [4.69, 9.17) is 0 Å². The summed E-state index contributed by atoms with van der Waals surface area (Å²) < 4.78 is 1.88. The van der Waals surface area contributed by atoms with Crippen LogP contribution in [0.3, 0.4) is 0 Å². The predicted octanol–water partition coefficient (Wildman–Crippen LogP) is 2.11. The van der Waals surface area contributed by atoms with E-state index in [1.165, 1.54) is 5.56 Å². The van der Waals surface area contributed by atoms with Gasteiger partial charge in [0.05, 0.1) is 11.0 Å². The number of nitrogens with zero attached hydrogens (tertiary/aromatic N) is 2. The largest absolute Gasteiger partial charge is 0.326 e. The average molecular weight is 257 g/mol. The fourth-order valence-corrected chi connectivity index (χ4v) is 2.84. The molecule has 4 nitrogen and oxygen atoms in total. The Morgan fingerprint density at radius 3 is 3.11 bits per heavy atom. The Kier molecular flexibility index (Phi) is 3.03. The standard InChI is InChI=1S/C15H19N3O/c1-3-4-8-17-10-12-6-5-7-13-14(12)18(9-11(17)2)15(19)16-13/h3-7,11H,8-10H2,1-2H3,(H,16,19)/b4-3+/t11-/m0/s1. The Bertz CT molecular complexity index is 680. The second-order valence-electron chi connectivity index (χ2n) is 5.20. The fourth-order valence-electron chi connectivity index (χ4n) is 2.84. The Morgan fingerprint density at radius 1 is 1.47 bits per heavy atom. The van der Waals surface area contributed by atoms with Gasteiger partial charge in [-0.1, -0.05) is 24.3 Å². The lowest BCUT2D eigenvalue weighted by Crippen LogP contribution is -2.35. The normalized spacial score (nSPS) is 20.2. The van der Waals surface area contributed by atoms with Crippen molar-refractivity contribution in [1.82, 2.24) is 14.5 Å². The van der Waals surface area contributed by atoms with Gasteiger partial charge >= 0.3 is 5.69 Å². The molecule has 1 aliphatic heterocycles. The number of rotatable bonds is 2. The summed E-state index contributed by atoms with van der Waals surface area (Å²) in [6.45, 7) is 6.78. The summed E-state index contributed by atoms with van der Waals surface area (Å²) in [7, 11) is 0. The molecule has 1 N–H and O–H groups in total. The molecule has 0 unspecified atom stereocenters. The van der Waals surface area contributed by atoms with Gasteiger partial charge in [0, 0.05) is 25.7 Å². The first-order valence-electron chi connectivity index (χ1n) is 6.76. The van der Waals surface area contributed by atoms with E-state index in [0.717, 1.165) is 30.7 Å². The van der Waals surface area contributed by atoms with Crippen LogP contribution in [-0.2, 0) is 13.1 Å². The molecule has 2 aromatic rings. The third-order valence-corrected chi connectivity index (χ3v) is 3.90. The number of benzene rings is 1. The first-order chi connectivity index (χ1) is 9.20. The van der Waals surface area contributed by atoms with Crippen LogP contribution >= 0.6 is 0 Å². The number of para-hydroxylation sites is 1. The summed E-state index contributed by atoms with van der Waals surface area (Å²) in [6.07, 6.45) is 4.24. The zero-order valence-corrected chi connectivity index (χ0v) is 11.4. The van der Waals surface area contributed by atoms with E-state index in [2.05, 4.69) is 35.0 Å². The van der Waals surface area contributed by atoms with Crippen LogP contribution in [0, 0.1) is 0 Å². The molecule has 3 rings (SSSR count). The van der Waals surface area contributed by atoms with Crippen molar-refractivity contribution in [3.8, 4) is 0 Å². The highest BCUT2D eigenvalue weighted by Crippen LogP contribution is 2.23. The smallest absolute Gasteiger partial charge is 0.306 e. The quantitative estimate of drug-likeness (QED) is 0.837. The van der Waals surface area contributed by atoms with Crippen molar-refractivity contribution in [3.63, 3.8) is 0 Å². The highest BCUT2D eigenvalue weighted by atomic mass is 16.1. The zero-order chi connectivity index (χ0) is 13.4. The van der Waals surface area contributed by atoms with Gasteiger partial charge in [-0.05, 0) is 25.5 Å². The van der Waals surface area contributed by atoms with Gasteiger partial charge in [-0.2, -0.15) is 0 Å². The number of aromatic nitrogens is 2. The van der Waals surface area contributed by atoms with Crippen LogP contribution in [0.1, 0.15) is 19.4 Å². The molecule has 19 heavy (non-hydrogen) atoms. The number of hydrogen-bond donors (Lipinski definition) is 1. The molecule has 1 atom stereocenters. The van der Waals surface area contributed by atoms with Gasteiger partial charge in [0.2, 0.25) is 0 Å². The molecule has 1 aromatic heterocycles. The van der Waals surface area contributed by atoms with Crippen LogP contribution in [0.5, 0.6) is 0 Å². The summed E-state index contributed by atoms with van der Waals surface area (Å²) in [5.74, 6) is 0. The monoisotopic (exact) mass is 257 g/mol. The zero-order valence-electron chi connectivity index (χ0n) is 11.4. The Hall–Kier alpha value is -1.81. The van der Waals surface area contributed by atoms with Gasteiger partial charge < -0.3 is 4.98 Å². The predicted molar refractivity (Wildman–Crippen MR) is 77.2 cm³/mol. The molecule has 0 radical (unpaired) electrons. The summed E-state index contributed by atoms with van der Waals surface area (Å²) >= 11 is 0. The molecule has 0 amide bonds. The van der Waals surface area contributed by atoms with E-state index in [0.29, 0.717) is 6.04 Å². The van der Waals surface area contributed by atoms with E-state index < -0.39 is 0 Å². The van der Waals surface area contributed by atoms with Crippen LogP contribution in [0.25, 0.3) is 11.0 Å². The maximum atomic E-state index is 12.0. The number of H-pyrrole nitrogens is 1. The lowest BCUT2D eigenvalue weighted by Gasteiger charge is -2.25. The number of allylic oxidation sites excluding steroid dienone is 1. The Labute approximate surface area is 112 Å². The molecule has 4 heteroatoms. The molecule has 0 spiro atoms. The van der Waals surface area contributed by atoms with Crippen molar-refractivity contribution in [2.75, 3.05) is 6.54 Å². The lowest BCUT2D eigenvalue weighted by atomic mass is 10.1. The first-order valence-corrected chi connectivity index (χ1v) is 6.76. The van der Waals surface area contributed by atoms with Crippen molar-refractivity contribution in [2.24, 2.45) is 0 Å². The van der Waals surface area contributed by atoms with Crippen molar-refractivity contribution < 1.29 is 0 Å². The maximum Gasteiger partial charge on any atom is 0.326 e. The van der Waals surface area contributed by atoms with Crippen molar-refractivity contribution in [3.05, 3.63) is 46.4 Å². The van der Waals surface area contributed by atoms with Gasteiger partial charge in [-0.25, -0.2) is 4.79 Å². The third-order valence-electron chi connectivity index (χ3n) is 3.90. The highest BCUT2D eigenvalue weighted by molar-refractivity contribution is 5.79. The molecule has 0 fully saturated rings. The topological polar surface area (TPSA) is 41.0 Å². The van der Waals surface area contributed by atoms with Gasteiger partial charge in [-0.15, -0.1) is 0 Å². The fraction of sp³-hybridized carbons (Fsp3) is 0.400. The summed E-state index contributed by atoms with van der Waals surface area (Å²) in [5, 5.41) is 0. The lowest BCUT2D eigenvalue weighted by molar-refractivity contribution is 0.210. The van der Waals surface area contributed by atoms with E-state index in [1.807, 2.05) is 23.6 Å². The molecular formula is C15H19N3O. The van der Waals surface area contributed by atoms with Gasteiger partial charge in [0.25, 0.3) is 0 Å². The molecule has 2 heterocycles. The van der Waals surface area contributed by atoms with E-state index in [1.54, 1.807) is 0 Å². The van der Waals surface area contributed by atoms with Crippen molar-refractivity contribution in [2.45, 2.75) is 33.0 Å². The summed E-state index contributed by atoms with van der Waals surface area (Å²) in [5.41, 5.74) is 3.25. The molecule has 0 bridgehead atoms. The van der Waals surface area contributed by atoms with Crippen LogP contribution in [0.2, 0.25) is 0 Å². The SMILES string of the molecule is C/C=C/CN1Cc2cccc3[nH]c(=O)n(c23)C[C@@H]1C. The molecular weight excluding hydrogens is 238 g/mol. The van der Waals surface area contributed by atoms with Crippen LogP contribution in [0.4, 0.5) is 0 Å². The van der Waals surface area contributed by atoms with E-state index in [9.17, 15) is 4.79 Å². The minimum atomic E-state index is 0.00202. The number of hydrogen-bond acceptors (Lipinski definition) is 2. The maximum absolute atomic E-state index is 12.0. The summed E-state index contributed by atoms with van der Waals surface area (Å²) in [4.78, 5) is 17.4. The van der Waals surface area contributed by atoms with Gasteiger partial charge in [-0.3, -0.25) is 9.47 Å². The van der Waals surface area contributed by atoms with E-state index >= 15 is 0 Å². The average Bonchev–Trinajstić information content (AvgIpc) is 2.63. The molecule has 0 aliphatic carbocycles. The van der Waals surface area contributed by atoms with E-state index in [-0.39, 0.29) is 5.69 Å². The van der Waals surface area contributed by atoms with Crippen LogP contribution in [-0.4, -0.2) is 27.0 Å². The molecule has 100 valence electrons. The Balaban J connectivity index is 2.11. The molecule has 0 saturated carbocycles. The summed E-state index contributed by atoms with van der Waals surface area (Å²) in [6, 6.07) is 6.46. The molecule has 0 saturated heterocycles. The number of aromatic amines is 1. The van der Waals surface area contributed by atoms with Crippen molar-refractivity contribution in [1.29, 1.82) is 0 Å². The van der Waals surface area contributed by atoms with Crippen molar-refractivity contribution >= 4 is 11.0 Å². The molecule has 1 aliphatic rings.